The van der Waals surface area contributed by atoms with E-state index in [1.807, 2.05) is 19.1 Å². The lowest BCUT2D eigenvalue weighted by atomic mass is 10.1. The van der Waals surface area contributed by atoms with Crippen LogP contribution in [0.2, 0.25) is 0 Å². The van der Waals surface area contributed by atoms with Crippen LogP contribution in [0.25, 0.3) is 10.9 Å². The standard InChI is InChI=1S/C21H28N4O3/c1-15-13-17-7-5-6-8-18(17)24(15)10-9-20(27)23-11-12-25(16(2)26)19(14-23)21(28)22(3)4/h5-8,13,19H,9-12,14H2,1-4H3/t19-/m1/s1. The first-order valence-corrected chi connectivity index (χ1v) is 9.60. The highest BCUT2D eigenvalue weighted by molar-refractivity contribution is 5.88. The van der Waals surface area contributed by atoms with E-state index in [9.17, 15) is 14.4 Å². The van der Waals surface area contributed by atoms with E-state index < -0.39 is 6.04 Å². The average molecular weight is 384 g/mol. The average Bonchev–Trinajstić information content (AvgIpc) is 2.99. The number of para-hydroxylation sites is 1. The lowest BCUT2D eigenvalue weighted by Crippen LogP contribution is -2.61. The summed E-state index contributed by atoms with van der Waals surface area (Å²) in [5.41, 5.74) is 2.24. The van der Waals surface area contributed by atoms with Gasteiger partial charge in [0.25, 0.3) is 0 Å². The largest absolute Gasteiger partial charge is 0.347 e. The van der Waals surface area contributed by atoms with Gasteiger partial charge in [-0.25, -0.2) is 0 Å². The monoisotopic (exact) mass is 384 g/mol. The number of aryl methyl sites for hydroxylation is 2. The molecule has 2 aromatic rings. The van der Waals surface area contributed by atoms with Crippen molar-refractivity contribution >= 4 is 28.6 Å². The minimum atomic E-state index is -0.612. The summed E-state index contributed by atoms with van der Waals surface area (Å²) in [6, 6.07) is 9.64. The lowest BCUT2D eigenvalue weighted by Gasteiger charge is -2.41. The second-order valence-electron chi connectivity index (χ2n) is 7.55. The quantitative estimate of drug-likeness (QED) is 0.802. The van der Waals surface area contributed by atoms with Crippen molar-refractivity contribution in [1.29, 1.82) is 0 Å². The van der Waals surface area contributed by atoms with E-state index in [-0.39, 0.29) is 24.3 Å². The van der Waals surface area contributed by atoms with Gasteiger partial charge in [0.2, 0.25) is 17.7 Å². The molecule has 1 aromatic heterocycles. The van der Waals surface area contributed by atoms with E-state index in [1.54, 1.807) is 23.9 Å². The fraction of sp³-hybridized carbons (Fsp3) is 0.476. The van der Waals surface area contributed by atoms with E-state index in [0.29, 0.717) is 26.1 Å². The van der Waals surface area contributed by atoms with Crippen molar-refractivity contribution in [3.8, 4) is 0 Å². The number of rotatable bonds is 4. The molecule has 0 radical (unpaired) electrons. The third kappa shape index (κ3) is 3.88. The molecule has 1 atom stereocenters. The molecule has 0 unspecified atom stereocenters. The molecule has 1 aromatic carbocycles. The zero-order valence-corrected chi connectivity index (χ0v) is 17.0. The van der Waals surface area contributed by atoms with E-state index in [0.717, 1.165) is 11.2 Å². The molecule has 28 heavy (non-hydrogen) atoms. The van der Waals surface area contributed by atoms with Crippen LogP contribution in [0.15, 0.2) is 30.3 Å². The fourth-order valence-corrected chi connectivity index (χ4v) is 3.91. The Morgan fingerprint density at radius 2 is 1.86 bits per heavy atom. The summed E-state index contributed by atoms with van der Waals surface area (Å²) < 4.78 is 2.15. The summed E-state index contributed by atoms with van der Waals surface area (Å²) >= 11 is 0. The van der Waals surface area contributed by atoms with Gasteiger partial charge < -0.3 is 19.3 Å². The molecular formula is C21H28N4O3. The number of piperazine rings is 1. The molecule has 0 spiro atoms. The second-order valence-corrected chi connectivity index (χ2v) is 7.55. The highest BCUT2D eigenvalue weighted by atomic mass is 16.2. The maximum absolute atomic E-state index is 12.8. The SMILES string of the molecule is CC(=O)N1CCN(C(=O)CCn2c(C)cc3ccccc32)C[C@@H]1C(=O)N(C)C. The molecule has 0 aliphatic carbocycles. The van der Waals surface area contributed by atoms with Crippen LogP contribution in [0.4, 0.5) is 0 Å². The van der Waals surface area contributed by atoms with Gasteiger partial charge in [-0.3, -0.25) is 14.4 Å². The van der Waals surface area contributed by atoms with Gasteiger partial charge in [-0.15, -0.1) is 0 Å². The summed E-state index contributed by atoms with van der Waals surface area (Å²) in [5, 5.41) is 1.17. The number of benzene rings is 1. The number of hydrogen-bond donors (Lipinski definition) is 0. The van der Waals surface area contributed by atoms with Crippen molar-refractivity contribution in [3.05, 3.63) is 36.0 Å². The third-order valence-electron chi connectivity index (χ3n) is 5.43. The second kappa shape index (κ2) is 8.04. The van der Waals surface area contributed by atoms with Gasteiger partial charge >= 0.3 is 0 Å². The molecule has 0 bridgehead atoms. The summed E-state index contributed by atoms with van der Waals surface area (Å²) in [5.74, 6) is -0.279. The minimum Gasteiger partial charge on any atom is -0.347 e. The Balaban J connectivity index is 1.69. The fourth-order valence-electron chi connectivity index (χ4n) is 3.91. The van der Waals surface area contributed by atoms with Crippen molar-refractivity contribution in [1.82, 2.24) is 19.3 Å². The molecule has 7 heteroatoms. The first-order chi connectivity index (χ1) is 13.3. The number of nitrogens with zero attached hydrogens (tertiary/aromatic N) is 4. The Bertz CT molecular complexity index is 902. The number of likely N-dealkylation sites (N-methyl/N-ethyl adjacent to an activating group) is 1. The Morgan fingerprint density at radius 1 is 1.14 bits per heavy atom. The van der Waals surface area contributed by atoms with Crippen LogP contribution in [0.1, 0.15) is 19.0 Å². The Hall–Kier alpha value is -2.83. The number of carbonyl (C=O) groups is 3. The molecule has 3 rings (SSSR count). The molecule has 0 N–H and O–H groups in total. The van der Waals surface area contributed by atoms with Crippen molar-refractivity contribution in [2.24, 2.45) is 0 Å². The molecule has 0 saturated carbocycles. The summed E-state index contributed by atoms with van der Waals surface area (Å²) in [6.07, 6.45) is 0.364. The van der Waals surface area contributed by atoms with Crippen LogP contribution in [0.3, 0.4) is 0 Å². The zero-order valence-electron chi connectivity index (χ0n) is 17.0. The van der Waals surface area contributed by atoms with Crippen molar-refractivity contribution in [3.63, 3.8) is 0 Å². The van der Waals surface area contributed by atoms with Crippen LogP contribution in [0.5, 0.6) is 0 Å². The smallest absolute Gasteiger partial charge is 0.246 e. The number of carbonyl (C=O) groups excluding carboxylic acids is 3. The minimum absolute atomic E-state index is 0.0111. The Kier molecular flexibility index (Phi) is 5.72. The van der Waals surface area contributed by atoms with Crippen LogP contribution in [-0.4, -0.2) is 76.8 Å². The molecule has 1 aliphatic heterocycles. The Labute approximate surface area is 165 Å². The van der Waals surface area contributed by atoms with Crippen molar-refractivity contribution in [2.75, 3.05) is 33.7 Å². The van der Waals surface area contributed by atoms with E-state index in [2.05, 4.69) is 22.8 Å². The van der Waals surface area contributed by atoms with Crippen LogP contribution in [0, 0.1) is 6.92 Å². The summed E-state index contributed by atoms with van der Waals surface area (Å²) in [7, 11) is 3.34. The molecule has 3 amide bonds. The first-order valence-electron chi connectivity index (χ1n) is 9.60. The molecular weight excluding hydrogens is 356 g/mol. The zero-order chi connectivity index (χ0) is 20.4. The van der Waals surface area contributed by atoms with Crippen LogP contribution < -0.4 is 0 Å². The van der Waals surface area contributed by atoms with Gasteiger partial charge in [-0.05, 0) is 24.4 Å². The van der Waals surface area contributed by atoms with Gasteiger partial charge in [0.05, 0.1) is 6.54 Å². The van der Waals surface area contributed by atoms with Gasteiger partial charge in [0.1, 0.15) is 6.04 Å². The summed E-state index contributed by atoms with van der Waals surface area (Å²) in [6.45, 7) is 5.20. The maximum Gasteiger partial charge on any atom is 0.246 e. The highest BCUT2D eigenvalue weighted by Gasteiger charge is 2.36. The summed E-state index contributed by atoms with van der Waals surface area (Å²) in [4.78, 5) is 42.0. The van der Waals surface area contributed by atoms with E-state index in [1.165, 1.54) is 17.2 Å². The van der Waals surface area contributed by atoms with Gasteiger partial charge in [0.15, 0.2) is 0 Å². The number of aromatic nitrogens is 1. The van der Waals surface area contributed by atoms with Gasteiger partial charge in [-0.2, -0.15) is 0 Å². The molecule has 7 nitrogen and oxygen atoms in total. The maximum atomic E-state index is 12.8. The predicted octanol–water partition coefficient (Wildman–Crippen LogP) is 1.49. The van der Waals surface area contributed by atoms with Crippen molar-refractivity contribution < 1.29 is 14.4 Å². The Morgan fingerprint density at radius 3 is 2.54 bits per heavy atom. The lowest BCUT2D eigenvalue weighted by molar-refractivity contribution is -0.150. The van der Waals surface area contributed by atoms with Gasteiger partial charge in [0, 0.05) is 58.3 Å². The van der Waals surface area contributed by atoms with Crippen molar-refractivity contribution in [2.45, 2.75) is 32.9 Å². The molecule has 1 fully saturated rings. The third-order valence-corrected chi connectivity index (χ3v) is 5.43. The topological polar surface area (TPSA) is 65.9 Å². The number of fused-ring (bicyclic) bond motifs is 1. The normalized spacial score (nSPS) is 17.1. The van der Waals surface area contributed by atoms with Gasteiger partial charge in [-0.1, -0.05) is 18.2 Å². The van der Waals surface area contributed by atoms with Crippen LogP contribution in [-0.2, 0) is 20.9 Å². The van der Waals surface area contributed by atoms with Crippen LogP contribution >= 0.6 is 0 Å². The molecule has 1 aliphatic rings. The van der Waals surface area contributed by atoms with E-state index >= 15 is 0 Å². The number of amides is 3. The predicted molar refractivity (Wildman–Crippen MR) is 108 cm³/mol. The van der Waals surface area contributed by atoms with E-state index in [4.69, 9.17) is 0 Å². The molecule has 1 saturated heterocycles. The molecule has 150 valence electrons. The number of hydrogen-bond acceptors (Lipinski definition) is 3. The molecule has 2 heterocycles. The highest BCUT2D eigenvalue weighted by Crippen LogP contribution is 2.20. The first kappa shape index (κ1) is 19.9.